The highest BCUT2D eigenvalue weighted by atomic mass is 35.5. The fraction of sp³-hybridized carbons (Fsp3) is 1.00. The van der Waals surface area contributed by atoms with Crippen LogP contribution in [-0.4, -0.2) is 24.6 Å². The van der Waals surface area contributed by atoms with E-state index in [0.29, 0.717) is 12.4 Å². The van der Waals surface area contributed by atoms with E-state index in [1.54, 1.807) is 0 Å². The summed E-state index contributed by atoms with van der Waals surface area (Å²) in [5.41, 5.74) is 0.0217. The number of hydrogen-bond acceptors (Lipinski definition) is 1. The van der Waals surface area contributed by atoms with E-state index >= 15 is 0 Å². The van der Waals surface area contributed by atoms with Crippen molar-refractivity contribution in [2.24, 2.45) is 0 Å². The Balaban J connectivity index is 3.68. The molecule has 0 radical (unpaired) electrons. The largest absolute Gasteiger partial charge is 0.309 e. The van der Waals surface area contributed by atoms with Crippen LogP contribution in [0.2, 0.25) is 0 Å². The Labute approximate surface area is 73.3 Å². The molecule has 3 heteroatoms. The van der Waals surface area contributed by atoms with Gasteiger partial charge in [-0.2, -0.15) is 0 Å². The van der Waals surface area contributed by atoms with E-state index in [4.69, 9.17) is 11.6 Å². The molecule has 0 aromatic rings. The third-order valence-corrected chi connectivity index (χ3v) is 2.26. The highest BCUT2D eigenvalue weighted by molar-refractivity contribution is 6.17. The molecule has 0 aliphatic heterocycles. The topological polar surface area (TPSA) is 12.0 Å². The maximum atomic E-state index is 11.8. The third kappa shape index (κ3) is 4.59. The van der Waals surface area contributed by atoms with Crippen LogP contribution in [0.25, 0.3) is 0 Å². The smallest absolute Gasteiger partial charge is 0.102 e. The molecule has 11 heavy (non-hydrogen) atoms. The number of nitrogens with one attached hydrogen (secondary N) is 1. The van der Waals surface area contributed by atoms with Gasteiger partial charge in [0.1, 0.15) is 6.67 Å². The Morgan fingerprint density at radius 1 is 1.55 bits per heavy atom. The van der Waals surface area contributed by atoms with Crippen LogP contribution in [-0.2, 0) is 0 Å². The highest BCUT2D eigenvalue weighted by Crippen LogP contribution is 2.14. The zero-order valence-corrected chi connectivity index (χ0v) is 8.05. The molecule has 0 aliphatic rings. The second-order valence-corrected chi connectivity index (χ2v) is 3.35. The Morgan fingerprint density at radius 2 is 2.18 bits per heavy atom. The summed E-state index contributed by atoms with van der Waals surface area (Å²) in [6, 6.07) is 0. The van der Waals surface area contributed by atoms with Crippen LogP contribution < -0.4 is 5.32 Å². The summed E-state index contributed by atoms with van der Waals surface area (Å²) in [5, 5.41) is 3.14. The number of rotatable bonds is 6. The second kappa shape index (κ2) is 5.78. The van der Waals surface area contributed by atoms with Gasteiger partial charge < -0.3 is 5.32 Å². The number of alkyl halides is 2. The van der Waals surface area contributed by atoms with Gasteiger partial charge in [-0.1, -0.05) is 6.92 Å². The molecule has 1 atom stereocenters. The minimum atomic E-state index is -0.308. The lowest BCUT2D eigenvalue weighted by atomic mass is 9.96. The zero-order chi connectivity index (χ0) is 8.74. The summed E-state index contributed by atoms with van der Waals surface area (Å²) in [7, 11) is 0. The summed E-state index contributed by atoms with van der Waals surface area (Å²) < 4.78 is 11.8. The fourth-order valence-electron chi connectivity index (χ4n) is 0.948. The second-order valence-electron chi connectivity index (χ2n) is 2.97. The van der Waals surface area contributed by atoms with E-state index in [0.717, 1.165) is 12.8 Å². The zero-order valence-electron chi connectivity index (χ0n) is 7.29. The summed E-state index contributed by atoms with van der Waals surface area (Å²) >= 11 is 5.61. The van der Waals surface area contributed by atoms with E-state index in [2.05, 4.69) is 19.2 Å². The van der Waals surface area contributed by atoms with Crippen molar-refractivity contribution >= 4 is 11.6 Å². The van der Waals surface area contributed by atoms with Crippen molar-refractivity contribution in [3.63, 3.8) is 0 Å². The minimum absolute atomic E-state index is 0.0217. The van der Waals surface area contributed by atoms with Gasteiger partial charge in [0.05, 0.1) is 0 Å². The monoisotopic (exact) mass is 181 g/mol. The molecule has 0 spiro atoms. The normalized spacial score (nSPS) is 16.4. The maximum absolute atomic E-state index is 11.8. The lowest BCUT2D eigenvalue weighted by molar-refractivity contribution is 0.314. The minimum Gasteiger partial charge on any atom is -0.309 e. The molecule has 0 rings (SSSR count). The van der Waals surface area contributed by atoms with Crippen molar-refractivity contribution in [1.29, 1.82) is 0 Å². The Hall–Kier alpha value is 0.180. The van der Waals surface area contributed by atoms with Gasteiger partial charge in [0.25, 0.3) is 0 Å². The summed E-state index contributed by atoms with van der Waals surface area (Å²) in [6.07, 6.45) is 1.88. The molecule has 68 valence electrons. The van der Waals surface area contributed by atoms with E-state index in [-0.39, 0.29) is 12.2 Å². The van der Waals surface area contributed by atoms with Crippen molar-refractivity contribution < 1.29 is 4.39 Å². The molecule has 0 bridgehead atoms. The summed E-state index contributed by atoms with van der Waals surface area (Å²) in [4.78, 5) is 0. The number of hydrogen-bond donors (Lipinski definition) is 1. The molecule has 0 saturated heterocycles. The molecule has 0 aromatic carbocycles. The van der Waals surface area contributed by atoms with Crippen LogP contribution in [0.15, 0.2) is 0 Å². The molecule has 0 fully saturated rings. The van der Waals surface area contributed by atoms with Crippen molar-refractivity contribution in [1.82, 2.24) is 5.32 Å². The summed E-state index contributed by atoms with van der Waals surface area (Å²) in [5.74, 6) is 0.629. The molecule has 1 nitrogen and oxygen atoms in total. The SMILES string of the molecule is CCC(C)(CCCl)NCCF. The van der Waals surface area contributed by atoms with Crippen molar-refractivity contribution in [2.45, 2.75) is 32.2 Å². The molecular weight excluding hydrogens is 165 g/mol. The van der Waals surface area contributed by atoms with Gasteiger partial charge in [-0.25, -0.2) is 4.39 Å². The van der Waals surface area contributed by atoms with Gasteiger partial charge in [-0.15, -0.1) is 11.6 Å². The summed E-state index contributed by atoms with van der Waals surface area (Å²) in [6.45, 7) is 4.28. The first-order chi connectivity index (χ1) is 5.18. The maximum Gasteiger partial charge on any atom is 0.102 e. The average molecular weight is 182 g/mol. The van der Waals surface area contributed by atoms with Crippen molar-refractivity contribution in [3.8, 4) is 0 Å². The van der Waals surface area contributed by atoms with Gasteiger partial charge in [0.2, 0.25) is 0 Å². The molecule has 0 aromatic heterocycles. The Kier molecular flexibility index (Phi) is 5.88. The van der Waals surface area contributed by atoms with Crippen LogP contribution in [0.1, 0.15) is 26.7 Å². The lowest BCUT2D eigenvalue weighted by Gasteiger charge is -2.28. The molecule has 0 aliphatic carbocycles. The van der Waals surface area contributed by atoms with E-state index in [1.165, 1.54) is 0 Å². The highest BCUT2D eigenvalue weighted by Gasteiger charge is 2.19. The molecule has 0 amide bonds. The van der Waals surface area contributed by atoms with Gasteiger partial charge >= 0.3 is 0 Å². The molecular formula is C8H17ClFN. The standard InChI is InChI=1S/C8H17ClFN/c1-3-8(2,4-5-9)11-7-6-10/h11H,3-7H2,1-2H3. The fourth-order valence-corrected chi connectivity index (χ4v) is 1.36. The third-order valence-electron chi connectivity index (χ3n) is 2.07. The van der Waals surface area contributed by atoms with Crippen molar-refractivity contribution in [2.75, 3.05) is 19.1 Å². The molecule has 1 N–H and O–H groups in total. The van der Waals surface area contributed by atoms with Crippen LogP contribution in [0.3, 0.4) is 0 Å². The van der Waals surface area contributed by atoms with Crippen LogP contribution in [0.4, 0.5) is 4.39 Å². The number of halogens is 2. The van der Waals surface area contributed by atoms with E-state index in [9.17, 15) is 4.39 Å². The predicted molar refractivity (Wildman–Crippen MR) is 48.0 cm³/mol. The first-order valence-electron chi connectivity index (χ1n) is 4.05. The first kappa shape index (κ1) is 11.2. The first-order valence-corrected chi connectivity index (χ1v) is 4.59. The lowest BCUT2D eigenvalue weighted by Crippen LogP contribution is -2.43. The molecule has 1 unspecified atom stereocenters. The van der Waals surface area contributed by atoms with Crippen molar-refractivity contribution in [3.05, 3.63) is 0 Å². The van der Waals surface area contributed by atoms with E-state index in [1.807, 2.05) is 0 Å². The van der Waals surface area contributed by atoms with Gasteiger partial charge in [0, 0.05) is 18.0 Å². The van der Waals surface area contributed by atoms with Gasteiger partial charge in [-0.05, 0) is 19.8 Å². The van der Waals surface area contributed by atoms with Gasteiger partial charge in [0.15, 0.2) is 0 Å². The molecule has 0 saturated carbocycles. The van der Waals surface area contributed by atoms with Gasteiger partial charge in [-0.3, -0.25) is 0 Å². The Morgan fingerprint density at radius 3 is 2.55 bits per heavy atom. The van der Waals surface area contributed by atoms with E-state index < -0.39 is 0 Å². The van der Waals surface area contributed by atoms with Crippen LogP contribution >= 0.6 is 11.6 Å². The predicted octanol–water partition coefficient (Wildman–Crippen LogP) is 2.34. The van der Waals surface area contributed by atoms with Crippen LogP contribution in [0, 0.1) is 0 Å². The molecule has 0 heterocycles. The quantitative estimate of drug-likeness (QED) is 0.621. The average Bonchev–Trinajstić information content (AvgIpc) is 2.02. The van der Waals surface area contributed by atoms with Crippen LogP contribution in [0.5, 0.6) is 0 Å². The Bertz CT molecular complexity index is 100.